The van der Waals surface area contributed by atoms with Crippen molar-refractivity contribution in [2.75, 3.05) is 45.8 Å². The average Bonchev–Trinajstić information content (AvgIpc) is 3.11. The molecule has 0 spiro atoms. The topological polar surface area (TPSA) is 67.3 Å². The first-order valence-corrected chi connectivity index (χ1v) is 17.0. The van der Waals surface area contributed by atoms with E-state index in [1.807, 2.05) is 35.2 Å². The molecule has 6 rings (SSSR count). The Labute approximate surface area is 287 Å². The minimum atomic E-state index is -5.05. The summed E-state index contributed by atoms with van der Waals surface area (Å²) in [4.78, 5) is 35.0. The standard InChI is InChI=1S/C37H40F6N4O3/c38-36(39,40)28-20-27(21-29(22-28)37(41,42)43)35(50)47-14-12-30(23-32(47)19-25-5-2-1-3-6-25)44-15-17-45(18-16-44)31-7-4-13-46(24-31)34(49)26-8-10-33(48)11-9-26/h1-3,5-6,8-11,20-22,30-32,48H,4,7,12-19,23-24H2. The number of phenolic OH excluding ortho intramolecular Hbond substituents is 1. The number of rotatable bonds is 6. The van der Waals surface area contributed by atoms with Crippen LogP contribution in [-0.2, 0) is 18.8 Å². The summed E-state index contributed by atoms with van der Waals surface area (Å²) >= 11 is 0. The quantitative estimate of drug-likeness (QED) is 0.295. The van der Waals surface area contributed by atoms with Gasteiger partial charge >= 0.3 is 12.4 Å². The zero-order valence-corrected chi connectivity index (χ0v) is 27.5. The summed E-state index contributed by atoms with van der Waals surface area (Å²) in [7, 11) is 0. The van der Waals surface area contributed by atoms with Crippen molar-refractivity contribution in [1.82, 2.24) is 19.6 Å². The molecule has 3 unspecified atom stereocenters. The highest BCUT2D eigenvalue weighted by molar-refractivity contribution is 5.95. The third kappa shape index (κ3) is 8.26. The van der Waals surface area contributed by atoms with Crippen LogP contribution in [0, 0.1) is 0 Å². The highest BCUT2D eigenvalue weighted by atomic mass is 19.4. The number of benzene rings is 3. The van der Waals surface area contributed by atoms with Crippen molar-refractivity contribution in [3.05, 3.63) is 101 Å². The van der Waals surface area contributed by atoms with Crippen molar-refractivity contribution in [2.45, 2.75) is 62.6 Å². The summed E-state index contributed by atoms with van der Waals surface area (Å²) in [6, 6.07) is 16.6. The van der Waals surface area contributed by atoms with E-state index in [1.54, 1.807) is 12.1 Å². The zero-order valence-electron chi connectivity index (χ0n) is 27.5. The van der Waals surface area contributed by atoms with Crippen LogP contribution in [0.15, 0.2) is 72.8 Å². The van der Waals surface area contributed by atoms with Gasteiger partial charge in [0, 0.05) is 75.1 Å². The first-order valence-electron chi connectivity index (χ1n) is 17.0. The van der Waals surface area contributed by atoms with E-state index in [2.05, 4.69) is 9.80 Å². The summed E-state index contributed by atoms with van der Waals surface area (Å²) in [5, 5.41) is 9.59. The summed E-state index contributed by atoms with van der Waals surface area (Å²) in [5.74, 6) is -0.789. The van der Waals surface area contributed by atoms with Crippen LogP contribution in [0.1, 0.15) is 63.1 Å². The average molecular weight is 703 g/mol. The Bertz CT molecular complexity index is 1610. The number of amides is 2. The van der Waals surface area contributed by atoms with Crippen LogP contribution in [0.4, 0.5) is 26.3 Å². The van der Waals surface area contributed by atoms with E-state index in [4.69, 9.17) is 0 Å². The Hall–Kier alpha value is -4.10. The molecule has 0 saturated carbocycles. The Morgan fingerprint density at radius 1 is 0.680 bits per heavy atom. The zero-order chi connectivity index (χ0) is 35.6. The van der Waals surface area contributed by atoms with Crippen LogP contribution in [-0.4, -0.2) is 100 Å². The number of carbonyl (C=O) groups excluding carboxylic acids is 2. The molecule has 0 aliphatic carbocycles. The van der Waals surface area contributed by atoms with Crippen molar-refractivity contribution in [2.24, 2.45) is 0 Å². The smallest absolute Gasteiger partial charge is 0.416 e. The number of aromatic hydroxyl groups is 1. The Kier molecular flexibility index (Phi) is 10.5. The van der Waals surface area contributed by atoms with Gasteiger partial charge in [-0.05, 0) is 80.1 Å². The summed E-state index contributed by atoms with van der Waals surface area (Å²) < 4.78 is 81.7. The van der Waals surface area contributed by atoms with E-state index in [9.17, 15) is 41.0 Å². The molecule has 3 aliphatic rings. The van der Waals surface area contributed by atoms with Gasteiger partial charge in [-0.3, -0.25) is 19.4 Å². The maximum Gasteiger partial charge on any atom is 0.416 e. The van der Waals surface area contributed by atoms with Gasteiger partial charge in [0.15, 0.2) is 0 Å². The lowest BCUT2D eigenvalue weighted by Gasteiger charge is -2.48. The molecule has 3 atom stereocenters. The van der Waals surface area contributed by atoms with Gasteiger partial charge in [0.25, 0.3) is 11.8 Å². The second-order valence-electron chi connectivity index (χ2n) is 13.5. The molecule has 0 bridgehead atoms. The lowest BCUT2D eigenvalue weighted by atomic mass is 9.90. The number of halogens is 6. The summed E-state index contributed by atoms with van der Waals surface area (Å²) in [6.07, 6.45) is -6.74. The van der Waals surface area contributed by atoms with Gasteiger partial charge in [0.1, 0.15) is 5.75 Å². The van der Waals surface area contributed by atoms with Crippen LogP contribution in [0.3, 0.4) is 0 Å². The van der Waals surface area contributed by atoms with Crippen molar-refractivity contribution >= 4 is 11.8 Å². The van der Waals surface area contributed by atoms with Crippen LogP contribution in [0.25, 0.3) is 0 Å². The van der Waals surface area contributed by atoms with Crippen molar-refractivity contribution in [1.29, 1.82) is 0 Å². The van der Waals surface area contributed by atoms with Crippen molar-refractivity contribution < 1.29 is 41.0 Å². The Balaban J connectivity index is 1.13. The number of piperidine rings is 2. The third-order valence-corrected chi connectivity index (χ3v) is 10.3. The lowest BCUT2D eigenvalue weighted by Crippen LogP contribution is -2.59. The second kappa shape index (κ2) is 14.6. The molecular formula is C37H40F6N4O3. The van der Waals surface area contributed by atoms with Crippen LogP contribution >= 0.6 is 0 Å². The molecule has 3 aromatic carbocycles. The second-order valence-corrected chi connectivity index (χ2v) is 13.5. The molecule has 0 aromatic heterocycles. The fourth-order valence-electron chi connectivity index (χ4n) is 7.64. The number of hydrogen-bond acceptors (Lipinski definition) is 5. The molecule has 50 heavy (non-hydrogen) atoms. The van der Waals surface area contributed by atoms with Crippen LogP contribution < -0.4 is 0 Å². The van der Waals surface area contributed by atoms with Gasteiger partial charge in [-0.25, -0.2) is 0 Å². The number of likely N-dealkylation sites (tertiary alicyclic amines) is 2. The SMILES string of the molecule is O=C(c1ccc(O)cc1)N1CCCC(N2CCN(C3CCN(C(=O)c4cc(C(F)(F)F)cc(C(F)(F)F)c4)C(Cc4ccccc4)C3)CC2)C1. The minimum Gasteiger partial charge on any atom is -0.508 e. The van der Waals surface area contributed by atoms with E-state index in [0.29, 0.717) is 50.0 Å². The normalized spacial score (nSPS) is 22.8. The molecule has 3 heterocycles. The largest absolute Gasteiger partial charge is 0.508 e. The van der Waals surface area contributed by atoms with E-state index in [1.165, 1.54) is 17.0 Å². The molecule has 2 amide bonds. The molecule has 3 aliphatic heterocycles. The fourth-order valence-corrected chi connectivity index (χ4v) is 7.64. The highest BCUT2D eigenvalue weighted by Gasteiger charge is 2.41. The predicted octanol–water partition coefficient (Wildman–Crippen LogP) is 6.57. The lowest BCUT2D eigenvalue weighted by molar-refractivity contribution is -0.143. The molecule has 0 radical (unpaired) electrons. The molecule has 1 N–H and O–H groups in total. The highest BCUT2D eigenvalue weighted by Crippen LogP contribution is 2.37. The molecule has 3 saturated heterocycles. The van der Waals surface area contributed by atoms with E-state index in [-0.39, 0.29) is 36.4 Å². The first kappa shape index (κ1) is 35.7. The number of piperazine rings is 1. The summed E-state index contributed by atoms with van der Waals surface area (Å²) in [5.41, 5.74) is -2.17. The molecule has 3 fully saturated rings. The number of carbonyl (C=O) groups is 2. The van der Waals surface area contributed by atoms with E-state index in [0.717, 1.165) is 44.6 Å². The van der Waals surface area contributed by atoms with Crippen molar-refractivity contribution in [3.63, 3.8) is 0 Å². The number of hydrogen-bond donors (Lipinski definition) is 1. The maximum atomic E-state index is 13.8. The van der Waals surface area contributed by atoms with E-state index < -0.39 is 41.0 Å². The van der Waals surface area contributed by atoms with Gasteiger partial charge in [-0.15, -0.1) is 0 Å². The van der Waals surface area contributed by atoms with Crippen LogP contribution in [0.2, 0.25) is 0 Å². The maximum absolute atomic E-state index is 13.8. The van der Waals surface area contributed by atoms with Gasteiger partial charge in [-0.1, -0.05) is 30.3 Å². The molecule has 7 nitrogen and oxygen atoms in total. The Morgan fingerprint density at radius 3 is 1.88 bits per heavy atom. The first-order chi connectivity index (χ1) is 23.8. The van der Waals surface area contributed by atoms with Gasteiger partial charge in [-0.2, -0.15) is 26.3 Å². The molecule has 13 heteroatoms. The minimum absolute atomic E-state index is 0.0442. The number of phenols is 1. The fraction of sp³-hybridized carbons (Fsp3) is 0.459. The third-order valence-electron chi connectivity index (χ3n) is 10.3. The molecular weight excluding hydrogens is 662 g/mol. The Morgan fingerprint density at radius 2 is 1.28 bits per heavy atom. The number of nitrogens with zero attached hydrogens (tertiary/aromatic N) is 4. The monoisotopic (exact) mass is 702 g/mol. The van der Waals surface area contributed by atoms with Gasteiger partial charge in [0.05, 0.1) is 11.1 Å². The van der Waals surface area contributed by atoms with Gasteiger partial charge < -0.3 is 14.9 Å². The van der Waals surface area contributed by atoms with Crippen LogP contribution in [0.5, 0.6) is 5.75 Å². The summed E-state index contributed by atoms with van der Waals surface area (Å²) in [6.45, 7) is 4.61. The number of alkyl halides is 6. The van der Waals surface area contributed by atoms with E-state index >= 15 is 0 Å². The van der Waals surface area contributed by atoms with Gasteiger partial charge in [0.2, 0.25) is 0 Å². The van der Waals surface area contributed by atoms with Crippen molar-refractivity contribution in [3.8, 4) is 5.75 Å². The predicted molar refractivity (Wildman–Crippen MR) is 175 cm³/mol. The molecule has 3 aromatic rings. The molecule has 268 valence electrons.